The van der Waals surface area contributed by atoms with E-state index in [9.17, 15) is 21.6 Å². The monoisotopic (exact) mass is 562 g/mol. The van der Waals surface area contributed by atoms with E-state index in [1.165, 1.54) is 40.7 Å². The summed E-state index contributed by atoms with van der Waals surface area (Å²) < 4.78 is 58.3. The molecule has 0 aliphatic heterocycles. The maximum Gasteiger partial charge on any atom is 0.322 e. The van der Waals surface area contributed by atoms with Gasteiger partial charge in [-0.15, -0.1) is 5.10 Å². The first kappa shape index (κ1) is 29.5. The van der Waals surface area contributed by atoms with Crippen LogP contribution in [0.3, 0.4) is 0 Å². The summed E-state index contributed by atoms with van der Waals surface area (Å²) in [6.07, 6.45) is 0. The summed E-state index contributed by atoms with van der Waals surface area (Å²) in [6, 6.07) is 11.6. The standard InChI is InChI=1S/C26H34N4O6S2/c1-17(2)15-30(16-18(3)4)38(34,35)22-12-10-20(11-13-22)24(31)27-26-29-28-25(36-26)21-8-7-9-23(14-21)37(32,33)19(5)6/h7-14,17-19H,15-16H2,1-6H3,(H,27,29,31). The minimum absolute atomic E-state index is 0.0398. The summed E-state index contributed by atoms with van der Waals surface area (Å²) in [5, 5.41) is 9.62. The topological polar surface area (TPSA) is 140 Å². The molecule has 0 spiro atoms. The Morgan fingerprint density at radius 2 is 1.47 bits per heavy atom. The minimum atomic E-state index is -3.72. The van der Waals surface area contributed by atoms with Crippen LogP contribution in [0.4, 0.5) is 6.01 Å². The fourth-order valence-corrected chi connectivity index (χ4v) is 6.52. The van der Waals surface area contributed by atoms with Crippen LogP contribution in [0.2, 0.25) is 0 Å². The van der Waals surface area contributed by atoms with Crippen molar-refractivity contribution in [1.82, 2.24) is 14.5 Å². The Kier molecular flexibility index (Phi) is 9.11. The maximum absolute atomic E-state index is 13.2. The number of benzene rings is 2. The number of hydrogen-bond acceptors (Lipinski definition) is 8. The second-order valence-corrected chi connectivity index (χ2v) is 14.6. The average Bonchev–Trinajstić information content (AvgIpc) is 3.31. The van der Waals surface area contributed by atoms with Crippen LogP contribution in [0.25, 0.3) is 11.5 Å². The first-order valence-corrected chi connectivity index (χ1v) is 15.3. The fourth-order valence-electron chi connectivity index (χ4n) is 3.65. The van der Waals surface area contributed by atoms with E-state index in [0.717, 1.165) is 0 Å². The van der Waals surface area contributed by atoms with Crippen LogP contribution in [-0.2, 0) is 19.9 Å². The molecule has 0 bridgehead atoms. The number of rotatable bonds is 11. The molecule has 0 fully saturated rings. The Labute approximate surface area is 224 Å². The molecule has 3 rings (SSSR count). The molecule has 1 amide bonds. The number of carbonyl (C=O) groups is 1. The number of amides is 1. The number of carbonyl (C=O) groups excluding carboxylic acids is 1. The molecule has 2 aromatic carbocycles. The summed E-state index contributed by atoms with van der Waals surface area (Å²) in [7, 11) is -7.21. The van der Waals surface area contributed by atoms with Crippen LogP contribution >= 0.6 is 0 Å². The molecular weight excluding hydrogens is 528 g/mol. The molecule has 0 saturated carbocycles. The predicted octanol–water partition coefficient (Wildman–Crippen LogP) is 4.47. The van der Waals surface area contributed by atoms with Gasteiger partial charge in [-0.25, -0.2) is 16.8 Å². The molecule has 206 valence electrons. The van der Waals surface area contributed by atoms with Gasteiger partial charge in [0, 0.05) is 24.2 Å². The molecule has 0 saturated heterocycles. The van der Waals surface area contributed by atoms with Gasteiger partial charge in [0.05, 0.1) is 15.0 Å². The zero-order chi connectivity index (χ0) is 28.3. The van der Waals surface area contributed by atoms with E-state index in [4.69, 9.17) is 4.42 Å². The third-order valence-corrected chi connectivity index (χ3v) is 9.57. The van der Waals surface area contributed by atoms with E-state index in [1.807, 2.05) is 27.7 Å². The Bertz CT molecular complexity index is 1470. The number of aromatic nitrogens is 2. The highest BCUT2D eigenvalue weighted by Crippen LogP contribution is 2.25. The van der Waals surface area contributed by atoms with E-state index in [2.05, 4.69) is 15.5 Å². The fraction of sp³-hybridized carbons (Fsp3) is 0.423. The van der Waals surface area contributed by atoms with Crippen LogP contribution in [0.1, 0.15) is 51.9 Å². The molecular formula is C26H34N4O6S2. The summed E-state index contributed by atoms with van der Waals surface area (Å²) in [4.78, 5) is 13.0. The lowest BCUT2D eigenvalue weighted by atomic mass is 10.2. The van der Waals surface area contributed by atoms with Crippen LogP contribution < -0.4 is 5.32 Å². The van der Waals surface area contributed by atoms with Crippen LogP contribution in [0.5, 0.6) is 0 Å². The van der Waals surface area contributed by atoms with Crippen LogP contribution in [0, 0.1) is 11.8 Å². The van der Waals surface area contributed by atoms with Gasteiger partial charge in [-0.3, -0.25) is 10.1 Å². The van der Waals surface area contributed by atoms with Gasteiger partial charge in [-0.2, -0.15) is 4.31 Å². The number of nitrogens with zero attached hydrogens (tertiary/aromatic N) is 3. The summed E-state index contributed by atoms with van der Waals surface area (Å²) in [6.45, 7) is 11.8. The number of nitrogens with one attached hydrogen (secondary N) is 1. The largest absolute Gasteiger partial charge is 0.403 e. The van der Waals surface area contributed by atoms with Gasteiger partial charge in [0.2, 0.25) is 15.9 Å². The molecule has 38 heavy (non-hydrogen) atoms. The highest BCUT2D eigenvalue weighted by molar-refractivity contribution is 7.92. The minimum Gasteiger partial charge on any atom is -0.403 e. The number of hydrogen-bond donors (Lipinski definition) is 1. The van der Waals surface area contributed by atoms with Crippen molar-refractivity contribution in [1.29, 1.82) is 0 Å². The predicted molar refractivity (Wildman–Crippen MR) is 145 cm³/mol. The maximum atomic E-state index is 13.2. The third-order valence-electron chi connectivity index (χ3n) is 5.57. The number of sulfone groups is 1. The van der Waals surface area contributed by atoms with Gasteiger partial charge in [0.1, 0.15) is 0 Å². The molecule has 12 heteroatoms. The van der Waals surface area contributed by atoms with Gasteiger partial charge < -0.3 is 4.42 Å². The summed E-state index contributed by atoms with van der Waals surface area (Å²) in [5.41, 5.74) is 0.592. The first-order valence-electron chi connectivity index (χ1n) is 12.3. The van der Waals surface area contributed by atoms with Crippen molar-refractivity contribution in [2.45, 2.75) is 56.6 Å². The van der Waals surface area contributed by atoms with E-state index >= 15 is 0 Å². The molecule has 1 N–H and O–H groups in total. The molecule has 0 atom stereocenters. The quantitative estimate of drug-likeness (QED) is 0.361. The van der Waals surface area contributed by atoms with Crippen molar-refractivity contribution in [2.75, 3.05) is 18.4 Å². The van der Waals surface area contributed by atoms with Gasteiger partial charge in [-0.1, -0.05) is 38.9 Å². The molecule has 1 heterocycles. The van der Waals surface area contributed by atoms with Crippen molar-refractivity contribution in [2.24, 2.45) is 11.8 Å². The van der Waals surface area contributed by atoms with Crippen LogP contribution in [0.15, 0.2) is 62.7 Å². The number of anilines is 1. The molecule has 1 aromatic heterocycles. The molecule has 10 nitrogen and oxygen atoms in total. The van der Waals surface area contributed by atoms with Crippen molar-refractivity contribution >= 4 is 31.8 Å². The first-order chi connectivity index (χ1) is 17.7. The lowest BCUT2D eigenvalue weighted by Gasteiger charge is -2.25. The average molecular weight is 563 g/mol. The van der Waals surface area contributed by atoms with Gasteiger partial charge in [0.15, 0.2) is 9.84 Å². The van der Waals surface area contributed by atoms with Crippen molar-refractivity contribution in [3.8, 4) is 11.5 Å². The van der Waals surface area contributed by atoms with E-state index in [1.54, 1.807) is 26.0 Å². The lowest BCUT2D eigenvalue weighted by Crippen LogP contribution is -2.37. The van der Waals surface area contributed by atoms with E-state index < -0.39 is 31.0 Å². The molecule has 0 radical (unpaired) electrons. The van der Waals surface area contributed by atoms with Crippen molar-refractivity contribution in [3.05, 3.63) is 54.1 Å². The molecule has 0 aliphatic carbocycles. The third kappa shape index (κ3) is 6.86. The molecule has 0 aliphatic rings. The molecule has 3 aromatic rings. The summed E-state index contributed by atoms with van der Waals surface area (Å²) in [5.74, 6) is -0.204. The Morgan fingerprint density at radius 1 is 0.868 bits per heavy atom. The lowest BCUT2D eigenvalue weighted by molar-refractivity contribution is 0.102. The zero-order valence-electron chi connectivity index (χ0n) is 22.4. The normalized spacial score (nSPS) is 12.6. The van der Waals surface area contributed by atoms with E-state index in [0.29, 0.717) is 18.7 Å². The Morgan fingerprint density at radius 3 is 2.03 bits per heavy atom. The second-order valence-electron chi connectivity index (χ2n) is 10.1. The highest BCUT2D eigenvalue weighted by atomic mass is 32.2. The highest BCUT2D eigenvalue weighted by Gasteiger charge is 2.26. The zero-order valence-corrected chi connectivity index (χ0v) is 24.0. The Balaban J connectivity index is 1.76. The van der Waals surface area contributed by atoms with Gasteiger partial charge >= 0.3 is 6.01 Å². The van der Waals surface area contributed by atoms with Crippen molar-refractivity contribution in [3.63, 3.8) is 0 Å². The van der Waals surface area contributed by atoms with Crippen LogP contribution in [-0.4, -0.2) is 55.6 Å². The number of sulfonamides is 1. The second kappa shape index (κ2) is 11.7. The van der Waals surface area contributed by atoms with E-state index in [-0.39, 0.29) is 39.1 Å². The smallest absolute Gasteiger partial charge is 0.322 e. The Hall–Kier alpha value is -3.09. The SMILES string of the molecule is CC(C)CN(CC(C)C)S(=O)(=O)c1ccc(C(=O)Nc2nnc(-c3cccc(S(=O)(=O)C(C)C)c3)o2)cc1. The molecule has 0 unspecified atom stereocenters. The van der Waals surface area contributed by atoms with Gasteiger partial charge in [0.25, 0.3) is 5.91 Å². The summed E-state index contributed by atoms with van der Waals surface area (Å²) >= 11 is 0. The van der Waals surface area contributed by atoms with Gasteiger partial charge in [-0.05, 0) is 68.1 Å². The van der Waals surface area contributed by atoms with Crippen molar-refractivity contribution < 1.29 is 26.0 Å².